The first-order valence-electron chi connectivity index (χ1n) is 14.2. The molecule has 1 aliphatic heterocycles. The van der Waals surface area contributed by atoms with Gasteiger partial charge < -0.3 is 20.1 Å². The predicted octanol–water partition coefficient (Wildman–Crippen LogP) is 3.37. The second-order valence-corrected chi connectivity index (χ2v) is 13.1. The molecule has 1 saturated heterocycles. The molecule has 0 saturated carbocycles. The van der Waals surface area contributed by atoms with Crippen LogP contribution >= 0.6 is 19.2 Å². The molecule has 1 fully saturated rings. The predicted molar refractivity (Wildman–Crippen MR) is 159 cm³/mol. The zero-order valence-corrected chi connectivity index (χ0v) is 26.2. The van der Waals surface area contributed by atoms with Gasteiger partial charge in [0.15, 0.2) is 0 Å². The van der Waals surface area contributed by atoms with Gasteiger partial charge in [0.05, 0.1) is 17.9 Å². The first-order chi connectivity index (χ1) is 21.7. The van der Waals surface area contributed by atoms with Crippen molar-refractivity contribution in [2.75, 3.05) is 19.3 Å². The van der Waals surface area contributed by atoms with Crippen LogP contribution in [-0.2, 0) is 30.0 Å². The number of aromatic nitrogens is 4. The topological polar surface area (TPSA) is 169 Å². The number of alkyl halides is 3. The molecule has 46 heavy (non-hydrogen) atoms. The van der Waals surface area contributed by atoms with E-state index < -0.39 is 49.8 Å². The normalized spacial score (nSPS) is 19.1. The summed E-state index contributed by atoms with van der Waals surface area (Å²) in [6, 6.07) is 12.8. The first-order valence-corrected chi connectivity index (χ1v) is 16.4. The van der Waals surface area contributed by atoms with Gasteiger partial charge >= 0.3 is 19.7 Å². The van der Waals surface area contributed by atoms with Gasteiger partial charge in [0.25, 0.3) is 0 Å². The molecule has 248 valence electrons. The summed E-state index contributed by atoms with van der Waals surface area (Å²) in [5.41, 5.74) is 2.24. The Morgan fingerprint density at radius 3 is 2.61 bits per heavy atom. The Morgan fingerprint density at radius 2 is 1.93 bits per heavy atom. The fraction of sp³-hybridized carbons (Fsp3) is 0.429. The molecule has 2 heterocycles. The number of likely N-dealkylation sites (tertiary alicyclic amines) is 1. The van der Waals surface area contributed by atoms with Crippen molar-refractivity contribution in [1.29, 1.82) is 0 Å². The lowest BCUT2D eigenvalue weighted by Crippen LogP contribution is -2.55. The summed E-state index contributed by atoms with van der Waals surface area (Å²) in [7, 11) is -4.88. The number of halogens is 4. The van der Waals surface area contributed by atoms with Gasteiger partial charge in [-0.1, -0.05) is 41.9 Å². The Balaban J connectivity index is 1.39. The van der Waals surface area contributed by atoms with Crippen molar-refractivity contribution in [2.24, 2.45) is 0 Å². The maximum atomic E-state index is 13.6. The molecule has 1 aliphatic rings. The number of benzene rings is 2. The number of hydrogen-bond donors (Lipinski definition) is 3. The molecule has 2 amide bonds. The molecular formula is C28H32ClF3N7O6P. The first kappa shape index (κ1) is 35.0. The molecule has 0 aliphatic carbocycles. The average molecular weight is 686 g/mol. The van der Waals surface area contributed by atoms with E-state index in [1.54, 1.807) is 23.1 Å². The van der Waals surface area contributed by atoms with E-state index in [9.17, 15) is 37.0 Å². The highest BCUT2D eigenvalue weighted by Gasteiger charge is 2.45. The molecule has 1 aromatic heterocycles. The largest absolute Gasteiger partial charge is 0.491 e. The molecular weight excluding hydrogens is 654 g/mol. The van der Waals surface area contributed by atoms with Gasteiger partial charge in [0.1, 0.15) is 12.4 Å². The van der Waals surface area contributed by atoms with Crippen LogP contribution in [0.4, 0.5) is 13.2 Å². The fourth-order valence-electron chi connectivity index (χ4n) is 5.18. The van der Waals surface area contributed by atoms with E-state index in [4.69, 9.17) is 11.6 Å². The molecule has 4 atom stereocenters. The molecule has 1 unspecified atom stereocenters. The Bertz CT molecular complexity index is 1560. The number of piperidine rings is 1. The summed E-state index contributed by atoms with van der Waals surface area (Å²) in [4.78, 5) is 49.2. The second kappa shape index (κ2) is 15.2. The zero-order valence-electron chi connectivity index (χ0n) is 24.6. The van der Waals surface area contributed by atoms with Crippen LogP contribution in [0.15, 0.2) is 54.9 Å². The molecule has 3 aromatic rings. The Hall–Kier alpha value is -3.85. The van der Waals surface area contributed by atoms with Crippen LogP contribution in [0.1, 0.15) is 43.2 Å². The minimum atomic E-state index is -5.41. The van der Waals surface area contributed by atoms with Gasteiger partial charge in [-0.05, 0) is 84.9 Å². The third kappa shape index (κ3) is 9.58. The maximum Gasteiger partial charge on any atom is 0.491 e. The minimum absolute atomic E-state index is 0.00143. The van der Waals surface area contributed by atoms with Crippen LogP contribution in [0, 0.1) is 0 Å². The lowest BCUT2D eigenvalue weighted by Gasteiger charge is -2.39. The number of carbonyl (C=O) groups excluding carboxylic acids is 3. The highest BCUT2D eigenvalue weighted by Crippen LogP contribution is 2.44. The molecule has 13 nitrogen and oxygen atoms in total. The summed E-state index contributed by atoms with van der Waals surface area (Å²) < 4.78 is 54.8. The molecule has 4 rings (SSSR count). The van der Waals surface area contributed by atoms with E-state index in [-0.39, 0.29) is 25.4 Å². The Kier molecular flexibility index (Phi) is 11.5. The Labute approximate surface area is 267 Å². The summed E-state index contributed by atoms with van der Waals surface area (Å²) in [5, 5.41) is 17.0. The van der Waals surface area contributed by atoms with Gasteiger partial charge in [0.2, 0.25) is 11.8 Å². The number of carbonyl (C=O) groups is 3. The fourth-order valence-corrected chi connectivity index (χ4v) is 6.37. The van der Waals surface area contributed by atoms with Gasteiger partial charge in [-0.3, -0.25) is 14.5 Å². The van der Waals surface area contributed by atoms with Crippen molar-refractivity contribution in [3.05, 3.63) is 71.0 Å². The quantitative estimate of drug-likeness (QED) is 0.241. The van der Waals surface area contributed by atoms with Crippen LogP contribution in [0.2, 0.25) is 5.02 Å². The van der Waals surface area contributed by atoms with Crippen LogP contribution in [0.3, 0.4) is 0 Å². The van der Waals surface area contributed by atoms with E-state index in [2.05, 4.69) is 30.7 Å². The standard InChI is InChI=1S/C28H32ClF3N7O6P/c1-18(25(40)33-16-21-14-22(29)8-9-23(21)39-17-34-36-37-39)35-26(41)24-15-20(19-6-3-2-4-7-19)10-12-38(24)11-5-13-46(43,44)45-27(42)28(30,31)32/h2-4,6-9,14,17-18,20,24H,5,10-13,15-16H2,1H3,(H,33,40)(H,35,41)(H,43,44)/t18-,20-,24+/m0/s1. The van der Waals surface area contributed by atoms with Gasteiger partial charge in [0, 0.05) is 11.6 Å². The molecule has 2 aromatic carbocycles. The van der Waals surface area contributed by atoms with Crippen molar-refractivity contribution in [2.45, 2.75) is 56.9 Å². The summed E-state index contributed by atoms with van der Waals surface area (Å²) in [6.45, 7) is 2.03. The van der Waals surface area contributed by atoms with Gasteiger partial charge in [-0.15, -0.1) is 5.10 Å². The van der Waals surface area contributed by atoms with Crippen LogP contribution in [0.25, 0.3) is 5.69 Å². The summed E-state index contributed by atoms with van der Waals surface area (Å²) in [5.74, 6) is -3.68. The lowest BCUT2D eigenvalue weighted by atomic mass is 9.85. The number of hydrogen-bond acceptors (Lipinski definition) is 9. The number of amides is 2. The van der Waals surface area contributed by atoms with Crippen LogP contribution in [0.5, 0.6) is 0 Å². The van der Waals surface area contributed by atoms with E-state index in [0.29, 0.717) is 35.7 Å². The lowest BCUT2D eigenvalue weighted by molar-refractivity contribution is -0.190. The van der Waals surface area contributed by atoms with Crippen molar-refractivity contribution >= 4 is 37.0 Å². The molecule has 0 spiro atoms. The third-order valence-electron chi connectivity index (χ3n) is 7.47. The molecule has 3 N–H and O–H groups in total. The highest BCUT2D eigenvalue weighted by molar-refractivity contribution is 7.53. The number of nitrogens with zero attached hydrogens (tertiary/aromatic N) is 5. The molecule has 0 radical (unpaired) electrons. The number of nitrogens with one attached hydrogen (secondary N) is 2. The van der Waals surface area contributed by atoms with Crippen molar-refractivity contribution in [3.63, 3.8) is 0 Å². The van der Waals surface area contributed by atoms with Crippen LogP contribution in [-0.4, -0.2) is 85.3 Å². The van der Waals surface area contributed by atoms with E-state index in [0.717, 1.165) is 5.56 Å². The van der Waals surface area contributed by atoms with Crippen molar-refractivity contribution < 1.29 is 41.5 Å². The minimum Gasteiger partial charge on any atom is -0.385 e. The Morgan fingerprint density at radius 1 is 1.20 bits per heavy atom. The van der Waals surface area contributed by atoms with Crippen molar-refractivity contribution in [1.82, 2.24) is 35.7 Å². The van der Waals surface area contributed by atoms with Crippen LogP contribution < -0.4 is 10.6 Å². The summed E-state index contributed by atoms with van der Waals surface area (Å²) >= 11 is 6.15. The molecule has 0 bridgehead atoms. The maximum absolute atomic E-state index is 13.6. The van der Waals surface area contributed by atoms with Gasteiger partial charge in [-0.25, -0.2) is 14.0 Å². The monoisotopic (exact) mass is 685 g/mol. The highest BCUT2D eigenvalue weighted by atomic mass is 35.5. The van der Waals surface area contributed by atoms with Crippen molar-refractivity contribution in [3.8, 4) is 5.69 Å². The van der Waals surface area contributed by atoms with E-state index in [1.807, 2.05) is 30.3 Å². The number of rotatable bonds is 12. The second-order valence-electron chi connectivity index (χ2n) is 10.8. The van der Waals surface area contributed by atoms with E-state index in [1.165, 1.54) is 17.9 Å². The van der Waals surface area contributed by atoms with E-state index >= 15 is 0 Å². The SMILES string of the molecule is C[C@H](NC(=O)[C@H]1C[C@@H](c2ccccc2)CCN1CCCP(=O)(O)OC(=O)C(F)(F)F)C(=O)NCc1cc(Cl)ccc1-n1cnnn1. The zero-order chi connectivity index (χ0) is 33.5. The molecule has 18 heteroatoms. The number of tetrazole rings is 1. The average Bonchev–Trinajstić information content (AvgIpc) is 3.54. The smallest absolute Gasteiger partial charge is 0.385 e. The van der Waals surface area contributed by atoms with Gasteiger partial charge in [-0.2, -0.15) is 13.2 Å². The third-order valence-corrected chi connectivity index (χ3v) is 9.04. The summed E-state index contributed by atoms with van der Waals surface area (Å²) in [6.07, 6.45) is -3.86.